The van der Waals surface area contributed by atoms with Crippen molar-refractivity contribution in [3.8, 4) is 0 Å². The first-order chi connectivity index (χ1) is 7.77. The van der Waals surface area contributed by atoms with Gasteiger partial charge < -0.3 is 10.4 Å². The lowest BCUT2D eigenvalue weighted by molar-refractivity contribution is 0.0692. The Kier molecular flexibility index (Phi) is 2.21. The van der Waals surface area contributed by atoms with Gasteiger partial charge in [0.25, 0.3) is 0 Å². The average Bonchev–Trinajstić information content (AvgIpc) is 2.53. The highest BCUT2D eigenvalue weighted by atomic mass is 16.4. The second-order valence-corrected chi connectivity index (χ2v) is 4.54. The van der Waals surface area contributed by atoms with E-state index < -0.39 is 5.97 Å². The van der Waals surface area contributed by atoms with Crippen LogP contribution in [0.5, 0.6) is 0 Å². The highest BCUT2D eigenvalue weighted by Gasteiger charge is 2.32. The SMILES string of the molecule is O=C(O)c1c(C2CCC2)nn2c1CNCC2. The van der Waals surface area contributed by atoms with E-state index in [4.69, 9.17) is 0 Å². The Morgan fingerprint density at radius 1 is 1.50 bits per heavy atom. The van der Waals surface area contributed by atoms with Crippen LogP contribution in [0.3, 0.4) is 0 Å². The standard InChI is InChI=1S/C11H15N3O2/c15-11(16)9-8-6-12-4-5-14(8)13-10(9)7-2-1-3-7/h7,12H,1-6H2,(H,15,16). The van der Waals surface area contributed by atoms with Gasteiger partial charge in [0.1, 0.15) is 5.56 Å². The summed E-state index contributed by atoms with van der Waals surface area (Å²) in [5, 5.41) is 17.0. The molecule has 1 aliphatic carbocycles. The van der Waals surface area contributed by atoms with Crippen LogP contribution >= 0.6 is 0 Å². The summed E-state index contributed by atoms with van der Waals surface area (Å²) in [5.74, 6) is -0.448. The van der Waals surface area contributed by atoms with E-state index in [2.05, 4.69) is 10.4 Å². The lowest BCUT2D eigenvalue weighted by Gasteiger charge is -2.23. The van der Waals surface area contributed by atoms with Crippen LogP contribution in [-0.4, -0.2) is 27.4 Å². The van der Waals surface area contributed by atoms with Crippen LogP contribution in [0.4, 0.5) is 0 Å². The van der Waals surface area contributed by atoms with Gasteiger partial charge in [-0.05, 0) is 12.8 Å². The fourth-order valence-electron chi connectivity index (χ4n) is 2.47. The summed E-state index contributed by atoms with van der Waals surface area (Å²) in [6, 6.07) is 0. The molecule has 5 heteroatoms. The number of aromatic carboxylic acids is 1. The van der Waals surface area contributed by atoms with Crippen molar-refractivity contribution in [2.45, 2.75) is 38.3 Å². The Bertz CT molecular complexity index is 435. The maximum Gasteiger partial charge on any atom is 0.339 e. The molecular weight excluding hydrogens is 206 g/mol. The number of nitrogens with one attached hydrogen (secondary N) is 1. The molecule has 0 bridgehead atoms. The van der Waals surface area contributed by atoms with E-state index in [1.54, 1.807) is 0 Å². The number of aromatic nitrogens is 2. The Hall–Kier alpha value is -1.36. The van der Waals surface area contributed by atoms with E-state index in [0.717, 1.165) is 37.3 Å². The monoisotopic (exact) mass is 221 g/mol. The molecule has 0 saturated heterocycles. The molecule has 1 aromatic heterocycles. The fourth-order valence-corrected chi connectivity index (χ4v) is 2.47. The van der Waals surface area contributed by atoms with Gasteiger partial charge in [-0.2, -0.15) is 5.10 Å². The molecule has 3 rings (SSSR count). The molecule has 0 amide bonds. The van der Waals surface area contributed by atoms with Crippen LogP contribution in [0.1, 0.15) is 46.9 Å². The largest absolute Gasteiger partial charge is 0.478 e. The van der Waals surface area contributed by atoms with E-state index in [1.165, 1.54) is 6.42 Å². The van der Waals surface area contributed by atoms with Crippen molar-refractivity contribution in [3.05, 3.63) is 17.0 Å². The molecule has 16 heavy (non-hydrogen) atoms. The van der Waals surface area contributed by atoms with Gasteiger partial charge >= 0.3 is 5.97 Å². The molecule has 86 valence electrons. The number of rotatable bonds is 2. The molecule has 5 nitrogen and oxygen atoms in total. The number of carboxylic acid groups (broad SMARTS) is 1. The molecular formula is C11H15N3O2. The van der Waals surface area contributed by atoms with E-state index in [1.807, 2.05) is 4.68 Å². The Labute approximate surface area is 93.5 Å². The van der Waals surface area contributed by atoms with Crippen LogP contribution in [0.15, 0.2) is 0 Å². The zero-order chi connectivity index (χ0) is 11.1. The minimum Gasteiger partial charge on any atom is -0.478 e. The van der Waals surface area contributed by atoms with Crippen molar-refractivity contribution in [2.75, 3.05) is 6.54 Å². The van der Waals surface area contributed by atoms with Crippen molar-refractivity contribution in [2.24, 2.45) is 0 Å². The first-order valence-corrected chi connectivity index (χ1v) is 5.81. The first-order valence-electron chi connectivity index (χ1n) is 5.81. The highest BCUT2D eigenvalue weighted by Crippen LogP contribution is 2.38. The molecule has 1 aliphatic heterocycles. The predicted molar refractivity (Wildman–Crippen MR) is 57.5 cm³/mol. The molecule has 1 aromatic rings. The molecule has 2 heterocycles. The Balaban J connectivity index is 2.08. The van der Waals surface area contributed by atoms with Crippen LogP contribution in [0.2, 0.25) is 0 Å². The van der Waals surface area contributed by atoms with Gasteiger partial charge in [0.15, 0.2) is 0 Å². The van der Waals surface area contributed by atoms with Gasteiger partial charge in [-0.25, -0.2) is 4.79 Å². The number of hydrogen-bond donors (Lipinski definition) is 2. The summed E-state index contributed by atoms with van der Waals surface area (Å²) in [5.41, 5.74) is 2.12. The zero-order valence-electron chi connectivity index (χ0n) is 9.07. The van der Waals surface area contributed by atoms with E-state index in [0.29, 0.717) is 18.0 Å². The third kappa shape index (κ3) is 1.35. The number of carboxylic acids is 1. The van der Waals surface area contributed by atoms with Crippen molar-refractivity contribution in [1.29, 1.82) is 0 Å². The van der Waals surface area contributed by atoms with Crippen molar-refractivity contribution < 1.29 is 9.90 Å². The van der Waals surface area contributed by atoms with Crippen molar-refractivity contribution in [1.82, 2.24) is 15.1 Å². The molecule has 2 aliphatic rings. The minimum atomic E-state index is -0.827. The number of carbonyl (C=O) groups is 1. The Morgan fingerprint density at radius 2 is 2.31 bits per heavy atom. The molecule has 0 aromatic carbocycles. The smallest absolute Gasteiger partial charge is 0.339 e. The van der Waals surface area contributed by atoms with Gasteiger partial charge in [0, 0.05) is 19.0 Å². The predicted octanol–water partition coefficient (Wildman–Crippen LogP) is 0.952. The molecule has 1 fully saturated rings. The highest BCUT2D eigenvalue weighted by molar-refractivity contribution is 5.90. The van der Waals surface area contributed by atoms with E-state index in [-0.39, 0.29) is 0 Å². The molecule has 0 spiro atoms. The summed E-state index contributed by atoms with van der Waals surface area (Å²) in [6.45, 7) is 2.28. The quantitative estimate of drug-likeness (QED) is 0.780. The van der Waals surface area contributed by atoms with E-state index >= 15 is 0 Å². The molecule has 1 saturated carbocycles. The van der Waals surface area contributed by atoms with Crippen molar-refractivity contribution >= 4 is 5.97 Å². The second kappa shape index (κ2) is 3.59. The number of hydrogen-bond acceptors (Lipinski definition) is 3. The number of nitrogens with zero attached hydrogens (tertiary/aromatic N) is 2. The lowest BCUT2D eigenvalue weighted by Crippen LogP contribution is -2.29. The van der Waals surface area contributed by atoms with Gasteiger partial charge in [-0.15, -0.1) is 0 Å². The molecule has 2 N–H and O–H groups in total. The molecule has 0 unspecified atom stereocenters. The number of fused-ring (bicyclic) bond motifs is 1. The summed E-state index contributed by atoms with van der Waals surface area (Å²) in [4.78, 5) is 11.3. The topological polar surface area (TPSA) is 67.1 Å². The van der Waals surface area contributed by atoms with Gasteiger partial charge in [-0.3, -0.25) is 4.68 Å². The fraction of sp³-hybridized carbons (Fsp3) is 0.636. The van der Waals surface area contributed by atoms with Gasteiger partial charge in [0.05, 0.1) is 17.9 Å². The third-order valence-electron chi connectivity index (χ3n) is 3.58. The van der Waals surface area contributed by atoms with Crippen LogP contribution < -0.4 is 5.32 Å². The maximum absolute atomic E-state index is 11.3. The minimum absolute atomic E-state index is 0.379. The van der Waals surface area contributed by atoms with Gasteiger partial charge in [0.2, 0.25) is 0 Å². The lowest BCUT2D eigenvalue weighted by atomic mass is 9.81. The average molecular weight is 221 g/mol. The first kappa shape index (κ1) is 9.84. The normalized spacial score (nSPS) is 20.2. The van der Waals surface area contributed by atoms with Gasteiger partial charge in [-0.1, -0.05) is 6.42 Å². The zero-order valence-corrected chi connectivity index (χ0v) is 9.07. The van der Waals surface area contributed by atoms with Crippen LogP contribution in [0, 0.1) is 0 Å². The third-order valence-corrected chi connectivity index (χ3v) is 3.58. The van der Waals surface area contributed by atoms with Crippen LogP contribution in [-0.2, 0) is 13.1 Å². The molecule has 0 radical (unpaired) electrons. The Morgan fingerprint density at radius 3 is 2.94 bits per heavy atom. The second-order valence-electron chi connectivity index (χ2n) is 4.54. The maximum atomic E-state index is 11.3. The summed E-state index contributed by atoms with van der Waals surface area (Å²) in [7, 11) is 0. The summed E-state index contributed by atoms with van der Waals surface area (Å²) in [6.07, 6.45) is 3.37. The van der Waals surface area contributed by atoms with E-state index in [9.17, 15) is 9.90 Å². The molecule has 0 atom stereocenters. The van der Waals surface area contributed by atoms with Crippen molar-refractivity contribution in [3.63, 3.8) is 0 Å². The summed E-state index contributed by atoms with van der Waals surface area (Å²) < 4.78 is 1.87. The van der Waals surface area contributed by atoms with Crippen LogP contribution in [0.25, 0.3) is 0 Å². The summed E-state index contributed by atoms with van der Waals surface area (Å²) >= 11 is 0.